The molecule has 0 radical (unpaired) electrons. The molecule has 3 aromatic rings. The Kier molecular flexibility index (Phi) is 2.87. The van der Waals surface area contributed by atoms with E-state index in [4.69, 9.17) is 5.73 Å². The summed E-state index contributed by atoms with van der Waals surface area (Å²) in [5, 5.41) is 0. The normalized spacial score (nSPS) is 10.7. The molecule has 3 rings (SSSR count). The van der Waals surface area contributed by atoms with E-state index < -0.39 is 0 Å². The molecule has 0 saturated carbocycles. The zero-order valence-corrected chi connectivity index (χ0v) is 10.9. The van der Waals surface area contributed by atoms with Crippen molar-refractivity contribution >= 4 is 22.7 Å². The van der Waals surface area contributed by atoms with Crippen LogP contribution in [0.25, 0.3) is 22.4 Å². The van der Waals surface area contributed by atoms with Crippen molar-refractivity contribution in [2.45, 2.75) is 0 Å². The highest BCUT2D eigenvalue weighted by Crippen LogP contribution is 2.22. The van der Waals surface area contributed by atoms with Crippen LogP contribution in [-0.4, -0.2) is 23.0 Å². The van der Waals surface area contributed by atoms with Gasteiger partial charge in [0.25, 0.3) is 0 Å². The number of imidazole rings is 1. The van der Waals surface area contributed by atoms with Gasteiger partial charge in [0.2, 0.25) is 0 Å². The van der Waals surface area contributed by atoms with Crippen LogP contribution in [0.4, 0.5) is 5.69 Å². The van der Waals surface area contributed by atoms with Gasteiger partial charge in [-0.15, -0.1) is 0 Å². The number of methoxy groups -OCH3 is 1. The lowest BCUT2D eigenvalue weighted by Gasteiger charge is -2.00. The summed E-state index contributed by atoms with van der Waals surface area (Å²) in [6.07, 6.45) is 0. The minimum absolute atomic E-state index is 0.353. The van der Waals surface area contributed by atoms with E-state index in [9.17, 15) is 4.79 Å². The van der Waals surface area contributed by atoms with Crippen LogP contribution in [0.15, 0.2) is 42.5 Å². The molecule has 0 aliphatic carbocycles. The molecule has 0 amide bonds. The number of carbonyl (C=O) groups excluding carboxylic acids is 1. The van der Waals surface area contributed by atoms with Gasteiger partial charge in [-0.1, -0.05) is 12.1 Å². The smallest absolute Gasteiger partial charge is 0.337 e. The number of H-pyrrole nitrogens is 1. The van der Waals surface area contributed by atoms with Gasteiger partial charge in [0, 0.05) is 11.3 Å². The molecule has 20 heavy (non-hydrogen) atoms. The number of nitrogens with zero attached hydrogens (tertiary/aromatic N) is 1. The number of nitrogens with one attached hydrogen (secondary N) is 1. The number of hydrogen-bond donors (Lipinski definition) is 2. The Bertz CT molecular complexity index is 775. The molecule has 1 heterocycles. The molecule has 5 nitrogen and oxygen atoms in total. The third kappa shape index (κ3) is 2.09. The Balaban J connectivity index is 2.00. The SMILES string of the molecule is COC(=O)c1ccc(-c2nc3cc(N)ccc3[nH]2)cc1. The van der Waals surface area contributed by atoms with Crippen LogP contribution >= 0.6 is 0 Å². The molecule has 0 atom stereocenters. The maximum absolute atomic E-state index is 11.4. The second-order valence-corrected chi connectivity index (χ2v) is 4.43. The molecule has 0 spiro atoms. The van der Waals surface area contributed by atoms with Gasteiger partial charge in [-0.25, -0.2) is 9.78 Å². The number of rotatable bonds is 2. The van der Waals surface area contributed by atoms with E-state index in [1.165, 1.54) is 7.11 Å². The molecule has 0 bridgehead atoms. The van der Waals surface area contributed by atoms with E-state index in [1.54, 1.807) is 12.1 Å². The third-order valence-corrected chi connectivity index (χ3v) is 3.09. The largest absolute Gasteiger partial charge is 0.465 e. The van der Waals surface area contributed by atoms with Crippen molar-refractivity contribution in [1.29, 1.82) is 0 Å². The highest BCUT2D eigenvalue weighted by Gasteiger charge is 2.08. The van der Waals surface area contributed by atoms with E-state index in [2.05, 4.69) is 14.7 Å². The van der Waals surface area contributed by atoms with Crippen molar-refractivity contribution in [2.75, 3.05) is 12.8 Å². The van der Waals surface area contributed by atoms with Crippen LogP contribution in [0, 0.1) is 0 Å². The molecule has 3 N–H and O–H groups in total. The Morgan fingerprint density at radius 1 is 1.20 bits per heavy atom. The van der Waals surface area contributed by atoms with E-state index in [1.807, 2.05) is 30.3 Å². The summed E-state index contributed by atoms with van der Waals surface area (Å²) >= 11 is 0. The lowest BCUT2D eigenvalue weighted by atomic mass is 10.1. The van der Waals surface area contributed by atoms with Crippen LogP contribution in [0.2, 0.25) is 0 Å². The molecule has 2 aromatic carbocycles. The second kappa shape index (κ2) is 4.70. The summed E-state index contributed by atoms with van der Waals surface area (Å²) in [4.78, 5) is 19.1. The van der Waals surface area contributed by atoms with E-state index >= 15 is 0 Å². The zero-order chi connectivity index (χ0) is 14.1. The maximum atomic E-state index is 11.4. The maximum Gasteiger partial charge on any atom is 0.337 e. The van der Waals surface area contributed by atoms with Gasteiger partial charge < -0.3 is 15.5 Å². The number of aromatic nitrogens is 2. The Labute approximate surface area is 115 Å². The number of anilines is 1. The fourth-order valence-electron chi connectivity index (χ4n) is 2.04. The molecule has 0 fully saturated rings. The van der Waals surface area contributed by atoms with Gasteiger partial charge in [-0.05, 0) is 30.3 Å². The first-order valence-electron chi connectivity index (χ1n) is 6.11. The minimum atomic E-state index is -0.353. The molecule has 0 aliphatic rings. The monoisotopic (exact) mass is 267 g/mol. The number of fused-ring (bicyclic) bond motifs is 1. The van der Waals surface area contributed by atoms with E-state index in [-0.39, 0.29) is 5.97 Å². The van der Waals surface area contributed by atoms with Crippen LogP contribution < -0.4 is 5.73 Å². The van der Waals surface area contributed by atoms with Crippen molar-refractivity contribution in [3.8, 4) is 11.4 Å². The Morgan fingerprint density at radius 3 is 2.65 bits per heavy atom. The highest BCUT2D eigenvalue weighted by atomic mass is 16.5. The van der Waals surface area contributed by atoms with Gasteiger partial charge in [-0.2, -0.15) is 0 Å². The van der Waals surface area contributed by atoms with Gasteiger partial charge in [0.15, 0.2) is 0 Å². The number of hydrogen-bond acceptors (Lipinski definition) is 4. The van der Waals surface area contributed by atoms with Crippen LogP contribution in [0.1, 0.15) is 10.4 Å². The molecule has 0 saturated heterocycles. The molecule has 0 unspecified atom stereocenters. The number of benzene rings is 2. The Hall–Kier alpha value is -2.82. The van der Waals surface area contributed by atoms with E-state index in [0.29, 0.717) is 11.3 Å². The summed E-state index contributed by atoms with van der Waals surface area (Å²) in [6.45, 7) is 0. The van der Waals surface area contributed by atoms with Gasteiger partial charge in [0.05, 0.1) is 23.7 Å². The number of nitrogens with two attached hydrogens (primary N) is 1. The summed E-state index contributed by atoms with van der Waals surface area (Å²) in [5.41, 5.74) is 9.56. The van der Waals surface area contributed by atoms with Crippen molar-refractivity contribution in [3.05, 3.63) is 48.0 Å². The standard InChI is InChI=1S/C15H13N3O2/c1-20-15(19)10-4-2-9(3-5-10)14-17-12-7-6-11(16)8-13(12)18-14/h2-8H,16H2,1H3,(H,17,18). The number of nitrogen functional groups attached to an aromatic ring is 1. The fourth-order valence-corrected chi connectivity index (χ4v) is 2.04. The van der Waals surface area contributed by atoms with Crippen LogP contribution in [0.3, 0.4) is 0 Å². The molecule has 1 aromatic heterocycles. The summed E-state index contributed by atoms with van der Waals surface area (Å²) in [7, 11) is 1.36. The number of esters is 1. The predicted molar refractivity (Wildman–Crippen MR) is 77.3 cm³/mol. The average molecular weight is 267 g/mol. The van der Waals surface area contributed by atoms with Crippen molar-refractivity contribution in [3.63, 3.8) is 0 Å². The summed E-state index contributed by atoms with van der Waals surface area (Å²) < 4.78 is 4.67. The lowest BCUT2D eigenvalue weighted by Crippen LogP contribution is -2.00. The average Bonchev–Trinajstić information content (AvgIpc) is 2.89. The number of ether oxygens (including phenoxy) is 1. The first kappa shape index (κ1) is 12.2. The van der Waals surface area contributed by atoms with Crippen LogP contribution in [0.5, 0.6) is 0 Å². The molecular formula is C15H13N3O2. The van der Waals surface area contributed by atoms with E-state index in [0.717, 1.165) is 22.4 Å². The molecule has 0 aliphatic heterocycles. The molecule has 5 heteroatoms. The number of aromatic amines is 1. The second-order valence-electron chi connectivity index (χ2n) is 4.43. The topological polar surface area (TPSA) is 81.0 Å². The highest BCUT2D eigenvalue weighted by molar-refractivity contribution is 5.90. The fraction of sp³-hybridized carbons (Fsp3) is 0.0667. The van der Waals surface area contributed by atoms with Crippen molar-refractivity contribution in [1.82, 2.24) is 9.97 Å². The van der Waals surface area contributed by atoms with Gasteiger partial charge >= 0.3 is 5.97 Å². The van der Waals surface area contributed by atoms with Gasteiger partial charge in [-0.3, -0.25) is 0 Å². The lowest BCUT2D eigenvalue weighted by molar-refractivity contribution is 0.0601. The first-order chi connectivity index (χ1) is 9.67. The third-order valence-electron chi connectivity index (χ3n) is 3.09. The number of carbonyl (C=O) groups is 1. The van der Waals surface area contributed by atoms with Crippen molar-refractivity contribution in [2.24, 2.45) is 0 Å². The Morgan fingerprint density at radius 2 is 1.95 bits per heavy atom. The zero-order valence-electron chi connectivity index (χ0n) is 10.9. The summed E-state index contributed by atoms with van der Waals surface area (Å²) in [6, 6.07) is 12.6. The minimum Gasteiger partial charge on any atom is -0.465 e. The summed E-state index contributed by atoms with van der Waals surface area (Å²) in [5.74, 6) is 0.385. The predicted octanol–water partition coefficient (Wildman–Crippen LogP) is 2.60. The first-order valence-corrected chi connectivity index (χ1v) is 6.11. The van der Waals surface area contributed by atoms with Crippen molar-refractivity contribution < 1.29 is 9.53 Å². The quantitative estimate of drug-likeness (QED) is 0.552. The molecule has 100 valence electrons. The molecular weight excluding hydrogens is 254 g/mol. The van der Waals surface area contributed by atoms with Gasteiger partial charge in [0.1, 0.15) is 5.82 Å². The van der Waals surface area contributed by atoms with Crippen LogP contribution in [-0.2, 0) is 4.74 Å².